The molecule has 2 rings (SSSR count). The molecule has 0 fully saturated rings. The van der Waals surface area contributed by atoms with Gasteiger partial charge in [-0.2, -0.15) is 0 Å². The van der Waals surface area contributed by atoms with E-state index in [1.54, 1.807) is 6.07 Å². The molecule has 0 saturated heterocycles. The summed E-state index contributed by atoms with van der Waals surface area (Å²) in [4.78, 5) is 15.9. The van der Waals surface area contributed by atoms with Gasteiger partial charge < -0.3 is 9.80 Å². The summed E-state index contributed by atoms with van der Waals surface area (Å²) in [5, 5.41) is 0. The van der Waals surface area contributed by atoms with Crippen LogP contribution in [0.15, 0.2) is 41.2 Å². The van der Waals surface area contributed by atoms with E-state index in [2.05, 4.69) is 30.7 Å². The zero-order valence-electron chi connectivity index (χ0n) is 15.5. The molecule has 0 aromatic heterocycles. The lowest BCUT2D eigenvalue weighted by Gasteiger charge is -2.27. The predicted octanol–water partition coefficient (Wildman–Crippen LogP) is 3.55. The van der Waals surface area contributed by atoms with E-state index in [1.807, 2.05) is 27.1 Å². The van der Waals surface area contributed by atoms with Gasteiger partial charge in [0.25, 0.3) is 0 Å². The highest BCUT2D eigenvalue weighted by Crippen LogP contribution is 2.39. The summed E-state index contributed by atoms with van der Waals surface area (Å²) in [6.07, 6.45) is 3.39. The molecule has 0 aliphatic carbocycles. The smallest absolute Gasteiger partial charge is 0.146 e. The third-order valence-corrected chi connectivity index (χ3v) is 4.55. The number of aryl methyl sites for hydroxylation is 1. The zero-order valence-corrected chi connectivity index (χ0v) is 15.5. The molecule has 0 atom stereocenters. The van der Waals surface area contributed by atoms with Crippen molar-refractivity contribution in [1.29, 1.82) is 0 Å². The first kappa shape index (κ1) is 18.2. The number of allylic oxidation sites excluding steroid dienone is 2. The number of likely N-dealkylation sites (N-methyl/N-ethyl adjacent to an activating group) is 1. The molecule has 0 bridgehead atoms. The van der Waals surface area contributed by atoms with Crippen LogP contribution in [0.25, 0.3) is 0 Å². The van der Waals surface area contributed by atoms with Gasteiger partial charge in [-0.25, -0.2) is 4.39 Å². The van der Waals surface area contributed by atoms with Crippen molar-refractivity contribution < 1.29 is 9.18 Å². The fourth-order valence-corrected chi connectivity index (χ4v) is 3.67. The standard InChI is InChI=1S/C20H27FN2O/c1-14-9-17(21)8-7-16(14)10-15(12-24)11-18-19(22(4)5)20(2,3)13-23(18)6/h7-9,11-12H,10,13H2,1-6H3/b15-11-. The third kappa shape index (κ3) is 3.69. The molecule has 1 heterocycles. The number of rotatable bonds is 5. The highest BCUT2D eigenvalue weighted by Gasteiger charge is 2.36. The minimum atomic E-state index is -0.247. The van der Waals surface area contributed by atoms with Crippen LogP contribution in [0.3, 0.4) is 0 Å². The lowest BCUT2D eigenvalue weighted by atomic mass is 9.90. The zero-order chi connectivity index (χ0) is 18.1. The van der Waals surface area contributed by atoms with Gasteiger partial charge in [0.15, 0.2) is 0 Å². The molecule has 0 radical (unpaired) electrons. The van der Waals surface area contributed by atoms with Crippen molar-refractivity contribution in [3.8, 4) is 0 Å². The molecule has 0 amide bonds. The lowest BCUT2D eigenvalue weighted by Crippen LogP contribution is -2.27. The van der Waals surface area contributed by atoms with E-state index in [-0.39, 0.29) is 11.2 Å². The van der Waals surface area contributed by atoms with Gasteiger partial charge in [0.2, 0.25) is 0 Å². The highest BCUT2D eigenvalue weighted by molar-refractivity contribution is 5.75. The summed E-state index contributed by atoms with van der Waals surface area (Å²) in [6.45, 7) is 7.21. The van der Waals surface area contributed by atoms with Crippen LogP contribution in [0.4, 0.5) is 4.39 Å². The number of benzene rings is 1. The second-order valence-corrected chi connectivity index (χ2v) is 7.45. The van der Waals surface area contributed by atoms with E-state index < -0.39 is 0 Å². The molecule has 1 aliphatic heterocycles. The largest absolute Gasteiger partial charge is 0.379 e. The summed E-state index contributed by atoms with van der Waals surface area (Å²) in [5.41, 5.74) is 4.87. The van der Waals surface area contributed by atoms with Crippen LogP contribution in [0.5, 0.6) is 0 Å². The minimum Gasteiger partial charge on any atom is -0.379 e. The molecule has 1 aliphatic rings. The van der Waals surface area contributed by atoms with Crippen LogP contribution in [-0.4, -0.2) is 43.8 Å². The number of hydrogen-bond donors (Lipinski definition) is 0. The van der Waals surface area contributed by atoms with Gasteiger partial charge in [-0.3, -0.25) is 4.79 Å². The second kappa shape index (κ2) is 6.80. The SMILES string of the molecule is Cc1cc(F)ccc1C/C(C=O)=C/C1=C(N(C)C)C(C)(C)CN1C. The maximum absolute atomic E-state index is 13.3. The van der Waals surface area contributed by atoms with Gasteiger partial charge in [-0.05, 0) is 41.8 Å². The van der Waals surface area contributed by atoms with Crippen molar-refractivity contribution >= 4 is 6.29 Å². The Balaban J connectivity index is 2.42. The summed E-state index contributed by atoms with van der Waals surface area (Å²) >= 11 is 0. The van der Waals surface area contributed by atoms with Crippen molar-refractivity contribution in [2.75, 3.05) is 27.7 Å². The Morgan fingerprint density at radius 2 is 2.04 bits per heavy atom. The number of nitrogens with zero attached hydrogens (tertiary/aromatic N) is 2. The molecule has 4 heteroatoms. The first-order chi connectivity index (χ1) is 11.2. The fourth-order valence-electron chi connectivity index (χ4n) is 3.67. The summed E-state index contributed by atoms with van der Waals surface area (Å²) < 4.78 is 13.3. The lowest BCUT2D eigenvalue weighted by molar-refractivity contribution is -0.105. The van der Waals surface area contributed by atoms with E-state index in [4.69, 9.17) is 0 Å². The summed E-state index contributed by atoms with van der Waals surface area (Å²) in [5.74, 6) is -0.247. The van der Waals surface area contributed by atoms with Gasteiger partial charge in [-0.15, -0.1) is 0 Å². The average Bonchev–Trinajstić information content (AvgIpc) is 2.69. The molecule has 0 spiro atoms. The number of carbonyl (C=O) groups excluding carboxylic acids is 1. The van der Waals surface area contributed by atoms with Gasteiger partial charge in [0.1, 0.15) is 12.1 Å². The fraction of sp³-hybridized carbons (Fsp3) is 0.450. The van der Waals surface area contributed by atoms with Crippen LogP contribution in [0.1, 0.15) is 25.0 Å². The Morgan fingerprint density at radius 1 is 1.38 bits per heavy atom. The van der Waals surface area contributed by atoms with Gasteiger partial charge in [0.05, 0.1) is 5.70 Å². The van der Waals surface area contributed by atoms with Gasteiger partial charge >= 0.3 is 0 Å². The summed E-state index contributed by atoms with van der Waals surface area (Å²) in [6, 6.07) is 4.71. The van der Waals surface area contributed by atoms with E-state index in [1.165, 1.54) is 17.8 Å². The summed E-state index contributed by atoms with van der Waals surface area (Å²) in [7, 11) is 6.12. The molecule has 1 aromatic rings. The van der Waals surface area contributed by atoms with Crippen LogP contribution in [0, 0.1) is 18.2 Å². The number of hydrogen-bond acceptors (Lipinski definition) is 3. The van der Waals surface area contributed by atoms with Gasteiger partial charge in [0, 0.05) is 45.2 Å². The Morgan fingerprint density at radius 3 is 2.58 bits per heavy atom. The van der Waals surface area contributed by atoms with E-state index in [0.29, 0.717) is 12.0 Å². The molecule has 0 unspecified atom stereocenters. The third-order valence-electron chi connectivity index (χ3n) is 4.55. The van der Waals surface area contributed by atoms with E-state index >= 15 is 0 Å². The number of aldehydes is 1. The average molecular weight is 330 g/mol. The molecule has 0 saturated carbocycles. The number of halogens is 1. The van der Waals surface area contributed by atoms with Crippen LogP contribution in [0.2, 0.25) is 0 Å². The van der Waals surface area contributed by atoms with E-state index in [0.717, 1.165) is 29.7 Å². The van der Waals surface area contributed by atoms with Gasteiger partial charge in [-0.1, -0.05) is 19.9 Å². The molecular formula is C20H27FN2O. The van der Waals surface area contributed by atoms with Crippen LogP contribution < -0.4 is 0 Å². The maximum Gasteiger partial charge on any atom is 0.146 e. The predicted molar refractivity (Wildman–Crippen MR) is 96.1 cm³/mol. The molecule has 24 heavy (non-hydrogen) atoms. The van der Waals surface area contributed by atoms with Crippen molar-refractivity contribution in [2.24, 2.45) is 5.41 Å². The first-order valence-corrected chi connectivity index (χ1v) is 8.19. The second-order valence-electron chi connectivity index (χ2n) is 7.45. The number of carbonyl (C=O) groups is 1. The quantitative estimate of drug-likeness (QED) is 0.609. The molecule has 0 N–H and O–H groups in total. The Bertz CT molecular complexity index is 702. The van der Waals surface area contributed by atoms with Crippen LogP contribution in [-0.2, 0) is 11.2 Å². The van der Waals surface area contributed by atoms with E-state index in [9.17, 15) is 9.18 Å². The molecule has 1 aromatic carbocycles. The minimum absolute atomic E-state index is 0.0316. The van der Waals surface area contributed by atoms with Crippen molar-refractivity contribution in [3.63, 3.8) is 0 Å². The topological polar surface area (TPSA) is 23.6 Å². The van der Waals surface area contributed by atoms with Crippen molar-refractivity contribution in [2.45, 2.75) is 27.2 Å². The first-order valence-electron chi connectivity index (χ1n) is 8.19. The molecule has 3 nitrogen and oxygen atoms in total. The Kier molecular flexibility index (Phi) is 5.16. The Labute approximate surface area is 144 Å². The van der Waals surface area contributed by atoms with Crippen molar-refractivity contribution in [3.05, 3.63) is 58.2 Å². The Hall–Kier alpha value is -2.10. The van der Waals surface area contributed by atoms with Crippen LogP contribution >= 0.6 is 0 Å². The monoisotopic (exact) mass is 330 g/mol. The molecular weight excluding hydrogens is 303 g/mol. The molecule has 130 valence electrons. The highest BCUT2D eigenvalue weighted by atomic mass is 19.1. The normalized spacial score (nSPS) is 17.5. The van der Waals surface area contributed by atoms with Crippen molar-refractivity contribution in [1.82, 2.24) is 9.80 Å². The maximum atomic E-state index is 13.3.